The van der Waals surface area contributed by atoms with Gasteiger partial charge in [-0.2, -0.15) is 0 Å². The summed E-state index contributed by atoms with van der Waals surface area (Å²) >= 11 is 0. The summed E-state index contributed by atoms with van der Waals surface area (Å²) in [5, 5.41) is 18.2. The number of hydrogen-bond donors (Lipinski definition) is 2. The largest absolute Gasteiger partial charge is 0.481 e. The zero-order valence-electron chi connectivity index (χ0n) is 17.7. The number of carboxylic acid groups (broad SMARTS) is 2. The molecule has 0 bridgehead atoms. The second-order valence-corrected chi connectivity index (χ2v) is 7.65. The van der Waals surface area contributed by atoms with Crippen molar-refractivity contribution in [3.8, 4) is 11.1 Å². The van der Waals surface area contributed by atoms with Gasteiger partial charge in [-0.25, -0.2) is 4.79 Å². The smallest absolute Gasteiger partial charge is 0.371 e. The minimum atomic E-state index is -1.20. The number of carbonyl (C=O) groups is 3. The SMILES string of the molecule is CC(CCN(Cc1ccc(-c2ccccc2)cc1)C(=O)Cc1ccc(C(=O)O)o1)C(=O)O. The lowest BCUT2D eigenvalue weighted by Gasteiger charge is -2.23. The molecule has 3 aromatic rings. The summed E-state index contributed by atoms with van der Waals surface area (Å²) in [5.74, 6) is -2.94. The van der Waals surface area contributed by atoms with Gasteiger partial charge >= 0.3 is 11.9 Å². The van der Waals surface area contributed by atoms with Crippen molar-refractivity contribution in [2.45, 2.75) is 26.3 Å². The Morgan fingerprint density at radius 3 is 2.16 bits per heavy atom. The van der Waals surface area contributed by atoms with Crippen molar-refractivity contribution in [3.05, 3.63) is 83.8 Å². The fraction of sp³-hybridized carbons (Fsp3) is 0.240. The maximum atomic E-state index is 12.9. The van der Waals surface area contributed by atoms with Crippen LogP contribution in [0, 0.1) is 5.92 Å². The van der Waals surface area contributed by atoms with Crippen molar-refractivity contribution in [1.82, 2.24) is 4.90 Å². The van der Waals surface area contributed by atoms with Crippen LogP contribution in [0.4, 0.5) is 0 Å². The van der Waals surface area contributed by atoms with Crippen molar-refractivity contribution in [1.29, 1.82) is 0 Å². The number of aromatic carboxylic acids is 1. The van der Waals surface area contributed by atoms with Gasteiger partial charge in [0.05, 0.1) is 12.3 Å². The van der Waals surface area contributed by atoms with E-state index in [4.69, 9.17) is 9.52 Å². The molecular formula is C25H25NO6. The van der Waals surface area contributed by atoms with Crippen molar-refractivity contribution in [2.24, 2.45) is 5.92 Å². The van der Waals surface area contributed by atoms with Gasteiger partial charge in [-0.15, -0.1) is 0 Å². The second kappa shape index (κ2) is 10.4. The number of rotatable bonds is 10. The summed E-state index contributed by atoms with van der Waals surface area (Å²) in [4.78, 5) is 36.7. The lowest BCUT2D eigenvalue weighted by atomic mass is 10.0. The Morgan fingerprint density at radius 1 is 0.906 bits per heavy atom. The van der Waals surface area contributed by atoms with Crippen LogP contribution in [-0.2, 0) is 22.6 Å². The normalized spacial score (nSPS) is 11.7. The van der Waals surface area contributed by atoms with Crippen LogP contribution in [0.3, 0.4) is 0 Å². The molecule has 166 valence electrons. The lowest BCUT2D eigenvalue weighted by molar-refractivity contribution is -0.142. The monoisotopic (exact) mass is 435 g/mol. The minimum Gasteiger partial charge on any atom is -0.481 e. The summed E-state index contributed by atoms with van der Waals surface area (Å²) in [6, 6.07) is 20.6. The van der Waals surface area contributed by atoms with Gasteiger partial charge in [0.2, 0.25) is 11.7 Å². The molecule has 0 saturated carbocycles. The fourth-order valence-corrected chi connectivity index (χ4v) is 3.27. The lowest BCUT2D eigenvalue weighted by Crippen LogP contribution is -2.34. The summed E-state index contributed by atoms with van der Waals surface area (Å²) < 4.78 is 5.20. The standard InChI is InChI=1S/C25H25NO6/c1-17(24(28)29)13-14-26(23(27)15-21-11-12-22(32-21)25(30)31)16-18-7-9-20(10-8-18)19-5-3-2-4-6-19/h2-12,17H,13-16H2,1H3,(H,28,29)(H,30,31). The highest BCUT2D eigenvalue weighted by Crippen LogP contribution is 2.20. The van der Waals surface area contributed by atoms with Crippen LogP contribution < -0.4 is 0 Å². The van der Waals surface area contributed by atoms with E-state index >= 15 is 0 Å². The highest BCUT2D eigenvalue weighted by Gasteiger charge is 2.20. The molecule has 0 aliphatic heterocycles. The number of carbonyl (C=O) groups excluding carboxylic acids is 1. The molecule has 32 heavy (non-hydrogen) atoms. The molecule has 7 nitrogen and oxygen atoms in total. The first-order valence-electron chi connectivity index (χ1n) is 10.3. The fourth-order valence-electron chi connectivity index (χ4n) is 3.27. The van der Waals surface area contributed by atoms with Gasteiger partial charge in [0.15, 0.2) is 0 Å². The second-order valence-electron chi connectivity index (χ2n) is 7.65. The van der Waals surface area contributed by atoms with E-state index in [2.05, 4.69) is 0 Å². The molecule has 1 amide bonds. The molecule has 0 saturated heterocycles. The molecule has 1 heterocycles. The van der Waals surface area contributed by atoms with Crippen molar-refractivity contribution >= 4 is 17.8 Å². The third kappa shape index (κ3) is 6.07. The van der Waals surface area contributed by atoms with Gasteiger partial charge in [0.1, 0.15) is 5.76 Å². The Kier molecular flexibility index (Phi) is 7.44. The highest BCUT2D eigenvalue weighted by atomic mass is 16.4. The van der Waals surface area contributed by atoms with Crippen molar-refractivity contribution in [2.75, 3.05) is 6.54 Å². The van der Waals surface area contributed by atoms with E-state index in [-0.39, 0.29) is 30.4 Å². The Bertz CT molecular complexity index is 1070. The molecule has 7 heteroatoms. The molecule has 0 aliphatic rings. The van der Waals surface area contributed by atoms with E-state index in [9.17, 15) is 19.5 Å². The van der Waals surface area contributed by atoms with Crippen LogP contribution in [-0.4, -0.2) is 39.5 Å². The zero-order valence-corrected chi connectivity index (χ0v) is 17.7. The van der Waals surface area contributed by atoms with Crippen LogP contribution in [0.5, 0.6) is 0 Å². The number of aliphatic carboxylic acids is 1. The first-order chi connectivity index (χ1) is 15.3. The molecule has 0 radical (unpaired) electrons. The summed E-state index contributed by atoms with van der Waals surface area (Å²) in [5.41, 5.74) is 3.06. The minimum absolute atomic E-state index is 0.100. The highest BCUT2D eigenvalue weighted by molar-refractivity contribution is 5.85. The Hall–Kier alpha value is -3.87. The van der Waals surface area contributed by atoms with Crippen molar-refractivity contribution in [3.63, 3.8) is 0 Å². The molecule has 2 N–H and O–H groups in total. The van der Waals surface area contributed by atoms with Gasteiger partial charge < -0.3 is 19.5 Å². The van der Waals surface area contributed by atoms with E-state index in [1.165, 1.54) is 12.1 Å². The summed E-state index contributed by atoms with van der Waals surface area (Å²) in [6.07, 6.45) is 0.207. The maximum Gasteiger partial charge on any atom is 0.371 e. The molecule has 0 aliphatic carbocycles. The first kappa shape index (κ1) is 22.8. The van der Waals surface area contributed by atoms with Gasteiger partial charge in [-0.1, -0.05) is 61.5 Å². The maximum absolute atomic E-state index is 12.9. The quantitative estimate of drug-likeness (QED) is 0.491. The van der Waals surface area contributed by atoms with Crippen LogP contribution in [0.1, 0.15) is 35.2 Å². The number of amides is 1. The predicted octanol–water partition coefficient (Wildman–Crippen LogP) is 4.33. The number of furan rings is 1. The molecule has 0 fully saturated rings. The molecule has 1 unspecified atom stereocenters. The molecule has 0 spiro atoms. The third-order valence-corrected chi connectivity index (χ3v) is 5.24. The number of benzene rings is 2. The van der Waals surface area contributed by atoms with E-state index in [0.29, 0.717) is 13.0 Å². The molecule has 3 rings (SSSR count). The third-order valence-electron chi connectivity index (χ3n) is 5.24. The molecule has 1 atom stereocenters. The number of carboxylic acids is 2. The van der Waals surface area contributed by atoms with Crippen LogP contribution in [0.25, 0.3) is 11.1 Å². The van der Waals surface area contributed by atoms with Gasteiger partial charge in [-0.05, 0) is 35.2 Å². The van der Waals surface area contributed by atoms with Gasteiger partial charge in [0, 0.05) is 13.1 Å². The predicted molar refractivity (Wildman–Crippen MR) is 118 cm³/mol. The molecule has 2 aromatic carbocycles. The topological polar surface area (TPSA) is 108 Å². The first-order valence-corrected chi connectivity index (χ1v) is 10.3. The summed E-state index contributed by atoms with van der Waals surface area (Å²) in [7, 11) is 0. The van der Waals surface area contributed by atoms with Gasteiger partial charge in [-0.3, -0.25) is 9.59 Å². The van der Waals surface area contributed by atoms with Crippen LogP contribution in [0.15, 0.2) is 71.1 Å². The van der Waals surface area contributed by atoms with Crippen LogP contribution >= 0.6 is 0 Å². The van der Waals surface area contributed by atoms with Gasteiger partial charge in [0.25, 0.3) is 0 Å². The Balaban J connectivity index is 1.73. The number of nitrogens with zero attached hydrogens (tertiary/aromatic N) is 1. The zero-order chi connectivity index (χ0) is 23.1. The van der Waals surface area contributed by atoms with E-state index < -0.39 is 17.9 Å². The Morgan fingerprint density at radius 2 is 1.56 bits per heavy atom. The molecule has 1 aromatic heterocycles. The average molecular weight is 435 g/mol. The average Bonchev–Trinajstić information content (AvgIpc) is 3.26. The van der Waals surface area contributed by atoms with E-state index in [0.717, 1.165) is 16.7 Å². The van der Waals surface area contributed by atoms with E-state index in [1.54, 1.807) is 11.8 Å². The molecular weight excluding hydrogens is 410 g/mol. The summed E-state index contributed by atoms with van der Waals surface area (Å²) in [6.45, 7) is 2.18. The van der Waals surface area contributed by atoms with E-state index in [1.807, 2.05) is 54.6 Å². The Labute approximate surface area is 185 Å². The van der Waals surface area contributed by atoms with Crippen molar-refractivity contribution < 1.29 is 29.0 Å². The van der Waals surface area contributed by atoms with Crippen LogP contribution in [0.2, 0.25) is 0 Å². The number of hydrogen-bond acceptors (Lipinski definition) is 4.